The van der Waals surface area contributed by atoms with Gasteiger partial charge in [0, 0.05) is 19.1 Å². The minimum atomic E-state index is -0.750. The van der Waals surface area contributed by atoms with E-state index < -0.39 is 11.6 Å². The van der Waals surface area contributed by atoms with Gasteiger partial charge in [-0.15, -0.1) is 0 Å². The van der Waals surface area contributed by atoms with Crippen molar-refractivity contribution in [2.45, 2.75) is 50.6 Å². The van der Waals surface area contributed by atoms with E-state index in [0.717, 1.165) is 24.2 Å². The summed E-state index contributed by atoms with van der Waals surface area (Å²) in [5, 5.41) is 2.86. The van der Waals surface area contributed by atoms with Gasteiger partial charge < -0.3 is 15.1 Å². The van der Waals surface area contributed by atoms with E-state index in [-0.39, 0.29) is 18.4 Å². The average molecular weight is 336 g/mol. The van der Waals surface area contributed by atoms with Crippen molar-refractivity contribution < 1.29 is 14.4 Å². The fraction of sp³-hybridized carbons (Fsp3) is 0.824. The highest BCUT2D eigenvalue weighted by Crippen LogP contribution is 2.33. The van der Waals surface area contributed by atoms with E-state index in [4.69, 9.17) is 0 Å². The molecule has 2 saturated heterocycles. The zero-order valence-electron chi connectivity index (χ0n) is 14.9. The first-order valence-corrected chi connectivity index (χ1v) is 8.92. The number of carbonyl (C=O) groups excluding carboxylic acids is 3. The predicted molar refractivity (Wildman–Crippen MR) is 89.3 cm³/mol. The Kier molecular flexibility index (Phi) is 4.55. The fourth-order valence-electron chi connectivity index (χ4n) is 4.37. The van der Waals surface area contributed by atoms with Crippen molar-refractivity contribution in [3.63, 3.8) is 0 Å². The Morgan fingerprint density at radius 1 is 1.21 bits per heavy atom. The van der Waals surface area contributed by atoms with Crippen molar-refractivity contribution in [1.29, 1.82) is 0 Å². The van der Waals surface area contributed by atoms with E-state index in [9.17, 15) is 14.4 Å². The second-order valence-electron chi connectivity index (χ2n) is 7.77. The molecule has 1 N–H and O–H groups in total. The van der Waals surface area contributed by atoms with Gasteiger partial charge in [0.25, 0.3) is 5.91 Å². The molecule has 1 saturated carbocycles. The Balaban J connectivity index is 1.64. The van der Waals surface area contributed by atoms with Crippen molar-refractivity contribution in [1.82, 2.24) is 20.0 Å². The summed E-state index contributed by atoms with van der Waals surface area (Å²) in [5.41, 5.74) is -0.750. The van der Waals surface area contributed by atoms with Gasteiger partial charge in [-0.2, -0.15) is 0 Å². The van der Waals surface area contributed by atoms with Crippen LogP contribution in [-0.2, 0) is 9.59 Å². The molecule has 3 rings (SSSR count). The smallest absolute Gasteiger partial charge is 0.325 e. The third kappa shape index (κ3) is 2.90. The number of nitrogens with zero attached hydrogens (tertiary/aromatic N) is 3. The van der Waals surface area contributed by atoms with Crippen LogP contribution in [0.4, 0.5) is 4.79 Å². The maximum absolute atomic E-state index is 12.7. The topological polar surface area (TPSA) is 73.0 Å². The number of likely N-dealkylation sites (N-methyl/N-ethyl adjacent to an activating group) is 1. The van der Waals surface area contributed by atoms with Gasteiger partial charge in [-0.3, -0.25) is 14.5 Å². The molecule has 2 heterocycles. The highest BCUT2D eigenvalue weighted by molar-refractivity contribution is 6.09. The van der Waals surface area contributed by atoms with Crippen LogP contribution >= 0.6 is 0 Å². The Hall–Kier alpha value is -1.63. The molecule has 7 heteroatoms. The standard InChI is InChI=1S/C17H28N4O3/c1-12-9-20(10-13(12)19(2)3)14(22)11-21-15(23)17(18-16(21)24)7-5-4-6-8-17/h12-13H,4-11H2,1-3H3,(H,18,24)/t12-,13+/m1/s1. The number of carbonyl (C=O) groups is 3. The molecule has 0 aromatic heterocycles. The summed E-state index contributed by atoms with van der Waals surface area (Å²) in [6.07, 6.45) is 4.36. The van der Waals surface area contributed by atoms with Gasteiger partial charge in [-0.25, -0.2) is 4.79 Å². The molecule has 0 radical (unpaired) electrons. The van der Waals surface area contributed by atoms with E-state index in [1.807, 2.05) is 14.1 Å². The molecule has 0 aromatic carbocycles. The molecule has 134 valence electrons. The molecule has 2 atom stereocenters. The van der Waals surface area contributed by atoms with E-state index in [0.29, 0.717) is 37.9 Å². The molecule has 4 amide bonds. The van der Waals surface area contributed by atoms with Gasteiger partial charge in [0.2, 0.25) is 5.91 Å². The van der Waals surface area contributed by atoms with Crippen LogP contribution in [0.25, 0.3) is 0 Å². The van der Waals surface area contributed by atoms with Crippen molar-refractivity contribution >= 4 is 17.8 Å². The molecule has 1 aliphatic carbocycles. The summed E-state index contributed by atoms with van der Waals surface area (Å²) in [6.45, 7) is 3.32. The average Bonchev–Trinajstić information content (AvgIpc) is 3.03. The molecule has 7 nitrogen and oxygen atoms in total. The van der Waals surface area contributed by atoms with Gasteiger partial charge in [-0.05, 0) is 32.9 Å². The minimum Gasteiger partial charge on any atom is -0.339 e. The summed E-state index contributed by atoms with van der Waals surface area (Å²) in [4.78, 5) is 42.6. The third-order valence-corrected chi connectivity index (χ3v) is 5.84. The quantitative estimate of drug-likeness (QED) is 0.768. The molecule has 1 spiro atoms. The van der Waals surface area contributed by atoms with Crippen LogP contribution in [0.1, 0.15) is 39.0 Å². The Bertz CT molecular complexity index is 542. The summed E-state index contributed by atoms with van der Waals surface area (Å²) >= 11 is 0. The second-order valence-corrected chi connectivity index (χ2v) is 7.77. The monoisotopic (exact) mass is 336 g/mol. The number of rotatable bonds is 3. The molecular weight excluding hydrogens is 308 g/mol. The number of hydrogen-bond donors (Lipinski definition) is 1. The summed E-state index contributed by atoms with van der Waals surface area (Å²) in [6, 6.07) is -0.0894. The van der Waals surface area contributed by atoms with Gasteiger partial charge in [0.05, 0.1) is 0 Å². The predicted octanol–water partition coefficient (Wildman–Crippen LogP) is 0.650. The number of likely N-dealkylation sites (tertiary alicyclic amines) is 1. The molecular formula is C17H28N4O3. The van der Waals surface area contributed by atoms with Crippen LogP contribution in [0.5, 0.6) is 0 Å². The van der Waals surface area contributed by atoms with Crippen LogP contribution in [0.15, 0.2) is 0 Å². The molecule has 24 heavy (non-hydrogen) atoms. The van der Waals surface area contributed by atoms with Crippen molar-refractivity contribution in [3.8, 4) is 0 Å². The van der Waals surface area contributed by atoms with Gasteiger partial charge in [0.15, 0.2) is 0 Å². The molecule has 0 bridgehead atoms. The first-order chi connectivity index (χ1) is 11.3. The van der Waals surface area contributed by atoms with Crippen LogP contribution in [0.3, 0.4) is 0 Å². The van der Waals surface area contributed by atoms with Gasteiger partial charge in [0.1, 0.15) is 12.1 Å². The van der Waals surface area contributed by atoms with E-state index in [1.54, 1.807) is 4.90 Å². The van der Waals surface area contributed by atoms with Crippen LogP contribution < -0.4 is 5.32 Å². The highest BCUT2D eigenvalue weighted by atomic mass is 16.2. The normalized spacial score (nSPS) is 29.7. The number of urea groups is 1. The van der Waals surface area contributed by atoms with Crippen molar-refractivity contribution in [2.24, 2.45) is 5.92 Å². The fourth-order valence-corrected chi connectivity index (χ4v) is 4.37. The number of nitrogens with one attached hydrogen (secondary N) is 1. The third-order valence-electron chi connectivity index (χ3n) is 5.84. The first-order valence-electron chi connectivity index (χ1n) is 8.92. The first kappa shape index (κ1) is 17.2. The Morgan fingerprint density at radius 3 is 2.46 bits per heavy atom. The molecule has 3 aliphatic rings. The lowest BCUT2D eigenvalue weighted by Crippen LogP contribution is -2.49. The zero-order chi connectivity index (χ0) is 17.5. The SMILES string of the molecule is C[C@@H]1CN(C(=O)CN2C(=O)NC3(CCCCC3)C2=O)C[C@@H]1N(C)C. The maximum Gasteiger partial charge on any atom is 0.325 e. The van der Waals surface area contributed by atoms with Gasteiger partial charge in [-0.1, -0.05) is 26.2 Å². The summed E-state index contributed by atoms with van der Waals surface area (Å²) < 4.78 is 0. The lowest BCUT2D eigenvalue weighted by molar-refractivity contribution is -0.139. The van der Waals surface area contributed by atoms with Gasteiger partial charge >= 0.3 is 6.03 Å². The Labute approximate surface area is 143 Å². The van der Waals surface area contributed by atoms with Crippen molar-refractivity contribution in [2.75, 3.05) is 33.7 Å². The molecule has 0 aromatic rings. The molecule has 2 aliphatic heterocycles. The summed E-state index contributed by atoms with van der Waals surface area (Å²) in [5.74, 6) is 0.0382. The van der Waals surface area contributed by atoms with Crippen molar-refractivity contribution in [3.05, 3.63) is 0 Å². The van der Waals surface area contributed by atoms with Crippen LogP contribution in [0.2, 0.25) is 0 Å². The van der Waals surface area contributed by atoms with E-state index >= 15 is 0 Å². The van der Waals surface area contributed by atoms with E-state index in [1.165, 1.54) is 0 Å². The highest BCUT2D eigenvalue weighted by Gasteiger charge is 2.52. The molecule has 0 unspecified atom stereocenters. The number of hydrogen-bond acceptors (Lipinski definition) is 4. The lowest BCUT2D eigenvalue weighted by atomic mass is 9.82. The lowest BCUT2D eigenvalue weighted by Gasteiger charge is -2.30. The minimum absolute atomic E-state index is 0.137. The van der Waals surface area contributed by atoms with Crippen LogP contribution in [0, 0.1) is 5.92 Å². The Morgan fingerprint density at radius 2 is 1.88 bits per heavy atom. The molecule has 3 fully saturated rings. The maximum atomic E-state index is 12.7. The zero-order valence-corrected chi connectivity index (χ0v) is 14.9. The second kappa shape index (κ2) is 6.35. The number of amides is 4. The number of imide groups is 1. The summed E-state index contributed by atoms with van der Waals surface area (Å²) in [7, 11) is 4.03. The largest absolute Gasteiger partial charge is 0.339 e. The van der Waals surface area contributed by atoms with Crippen LogP contribution in [-0.4, -0.2) is 77.9 Å². The van der Waals surface area contributed by atoms with E-state index in [2.05, 4.69) is 17.1 Å².